The summed E-state index contributed by atoms with van der Waals surface area (Å²) in [6, 6.07) is 4.76. The van der Waals surface area contributed by atoms with Crippen LogP contribution in [-0.4, -0.2) is 24.1 Å². The zero-order valence-electron chi connectivity index (χ0n) is 12.2. The van der Waals surface area contributed by atoms with E-state index >= 15 is 0 Å². The van der Waals surface area contributed by atoms with Crippen LogP contribution in [0.2, 0.25) is 5.02 Å². The first-order valence-electron chi connectivity index (χ1n) is 7.90. The number of nitrogens with one attached hydrogen (secondary N) is 1. The summed E-state index contributed by atoms with van der Waals surface area (Å²) in [5.41, 5.74) is 0.995. The van der Waals surface area contributed by atoms with Gasteiger partial charge in [0.1, 0.15) is 5.82 Å². The van der Waals surface area contributed by atoms with Crippen molar-refractivity contribution < 1.29 is 0 Å². The maximum absolute atomic E-state index is 6.26. The molecule has 4 heteroatoms. The van der Waals surface area contributed by atoms with Gasteiger partial charge in [-0.2, -0.15) is 0 Å². The molecule has 1 aromatic heterocycles. The lowest BCUT2D eigenvalue weighted by Crippen LogP contribution is -2.22. The number of hydrogen-bond acceptors (Lipinski definition) is 3. The van der Waals surface area contributed by atoms with Gasteiger partial charge in [-0.1, -0.05) is 24.9 Å². The molecule has 20 heavy (non-hydrogen) atoms. The maximum Gasteiger partial charge on any atom is 0.128 e. The second-order valence-electron chi connectivity index (χ2n) is 6.14. The Morgan fingerprint density at radius 1 is 1.35 bits per heavy atom. The molecule has 1 aromatic rings. The van der Waals surface area contributed by atoms with E-state index in [0.29, 0.717) is 6.04 Å². The van der Waals surface area contributed by atoms with Gasteiger partial charge in [0, 0.05) is 25.7 Å². The highest BCUT2D eigenvalue weighted by atomic mass is 35.5. The fourth-order valence-corrected chi connectivity index (χ4v) is 3.16. The van der Waals surface area contributed by atoms with Gasteiger partial charge in [-0.05, 0) is 43.7 Å². The quantitative estimate of drug-likeness (QED) is 0.868. The van der Waals surface area contributed by atoms with Crippen molar-refractivity contribution >= 4 is 17.4 Å². The highest BCUT2D eigenvalue weighted by molar-refractivity contribution is 6.31. The Kier molecular flexibility index (Phi) is 4.47. The minimum absolute atomic E-state index is 0.692. The summed E-state index contributed by atoms with van der Waals surface area (Å²) < 4.78 is 0. The summed E-state index contributed by atoms with van der Waals surface area (Å²) in [5, 5.41) is 4.28. The van der Waals surface area contributed by atoms with E-state index in [2.05, 4.69) is 23.2 Å². The first kappa shape index (κ1) is 14.2. The van der Waals surface area contributed by atoms with Crippen LogP contribution < -0.4 is 10.2 Å². The molecule has 1 aliphatic carbocycles. The lowest BCUT2D eigenvalue weighted by molar-refractivity contribution is 0.529. The Morgan fingerprint density at radius 3 is 2.95 bits per heavy atom. The number of nitrogens with zero attached hydrogens (tertiary/aromatic N) is 2. The monoisotopic (exact) mass is 293 g/mol. The van der Waals surface area contributed by atoms with Gasteiger partial charge in [0.25, 0.3) is 0 Å². The number of rotatable bonds is 6. The summed E-state index contributed by atoms with van der Waals surface area (Å²) in [6.07, 6.45) is 6.50. The molecule has 1 N–H and O–H groups in total. The lowest BCUT2D eigenvalue weighted by Gasteiger charge is -2.19. The Labute approximate surface area is 126 Å². The van der Waals surface area contributed by atoms with Crippen molar-refractivity contribution in [3.05, 3.63) is 22.8 Å². The third kappa shape index (κ3) is 3.44. The third-order valence-corrected chi connectivity index (χ3v) is 4.69. The fourth-order valence-electron chi connectivity index (χ4n) is 2.99. The molecule has 2 aliphatic rings. The highest BCUT2D eigenvalue weighted by Gasteiger charge is 2.24. The first-order valence-corrected chi connectivity index (χ1v) is 8.28. The minimum Gasteiger partial charge on any atom is -0.356 e. The Bertz CT molecular complexity index is 459. The van der Waals surface area contributed by atoms with Gasteiger partial charge >= 0.3 is 0 Å². The molecule has 2 heterocycles. The van der Waals surface area contributed by atoms with Crippen LogP contribution in [-0.2, 0) is 6.54 Å². The van der Waals surface area contributed by atoms with Crippen LogP contribution in [0.3, 0.4) is 0 Å². The van der Waals surface area contributed by atoms with E-state index in [1.54, 1.807) is 0 Å². The molecule has 1 aliphatic heterocycles. The van der Waals surface area contributed by atoms with Crippen molar-refractivity contribution in [2.45, 2.75) is 51.6 Å². The maximum atomic E-state index is 6.26. The molecule has 3 nitrogen and oxygen atoms in total. The molecule has 0 aromatic carbocycles. The van der Waals surface area contributed by atoms with Crippen molar-refractivity contribution in [3.63, 3.8) is 0 Å². The van der Waals surface area contributed by atoms with Crippen LogP contribution in [0.4, 0.5) is 5.82 Å². The molecule has 1 atom stereocenters. The van der Waals surface area contributed by atoms with Crippen molar-refractivity contribution in [3.8, 4) is 0 Å². The van der Waals surface area contributed by atoms with Gasteiger partial charge in [-0.3, -0.25) is 0 Å². The normalized spacial score (nSPS) is 22.5. The van der Waals surface area contributed by atoms with Gasteiger partial charge in [0.15, 0.2) is 0 Å². The smallest absolute Gasteiger partial charge is 0.128 e. The van der Waals surface area contributed by atoms with E-state index in [9.17, 15) is 0 Å². The molecule has 3 rings (SSSR count). The first-order chi connectivity index (χ1) is 9.76. The predicted molar refractivity (Wildman–Crippen MR) is 84.3 cm³/mol. The standard InChI is InChI=1S/C16H24ClN3/c1-2-3-12-8-9-20(11-12)16-7-6-14(17)15(19-16)10-18-13-4-5-13/h6-7,12-13,18H,2-5,8-11H2,1H3. The Morgan fingerprint density at radius 2 is 2.20 bits per heavy atom. The average molecular weight is 294 g/mol. The van der Waals surface area contributed by atoms with Crippen LogP contribution in [0.15, 0.2) is 12.1 Å². The van der Waals surface area contributed by atoms with Crippen LogP contribution in [0.1, 0.15) is 44.7 Å². The third-order valence-electron chi connectivity index (χ3n) is 4.35. The van der Waals surface area contributed by atoms with Crippen LogP contribution in [0.25, 0.3) is 0 Å². The van der Waals surface area contributed by atoms with Gasteiger partial charge in [-0.25, -0.2) is 4.98 Å². The molecular weight excluding hydrogens is 270 g/mol. The average Bonchev–Trinajstić information content (AvgIpc) is 3.16. The topological polar surface area (TPSA) is 28.2 Å². The van der Waals surface area contributed by atoms with Gasteiger partial charge < -0.3 is 10.2 Å². The van der Waals surface area contributed by atoms with Crippen molar-refractivity contribution in [1.29, 1.82) is 0 Å². The Hall–Kier alpha value is -0.800. The lowest BCUT2D eigenvalue weighted by atomic mass is 10.0. The van der Waals surface area contributed by atoms with E-state index in [1.807, 2.05) is 6.07 Å². The molecule has 0 spiro atoms. The second kappa shape index (κ2) is 6.31. The Balaban J connectivity index is 1.65. The van der Waals surface area contributed by atoms with Crippen LogP contribution in [0, 0.1) is 5.92 Å². The number of pyridine rings is 1. The second-order valence-corrected chi connectivity index (χ2v) is 6.55. The molecule has 1 unspecified atom stereocenters. The zero-order chi connectivity index (χ0) is 13.9. The van der Waals surface area contributed by atoms with E-state index in [0.717, 1.165) is 42.1 Å². The number of halogens is 1. The van der Waals surface area contributed by atoms with Gasteiger partial charge in [-0.15, -0.1) is 0 Å². The molecule has 0 amide bonds. The van der Waals surface area contributed by atoms with Crippen LogP contribution >= 0.6 is 11.6 Å². The number of hydrogen-bond donors (Lipinski definition) is 1. The number of anilines is 1. The summed E-state index contributed by atoms with van der Waals surface area (Å²) >= 11 is 6.26. The zero-order valence-corrected chi connectivity index (χ0v) is 13.0. The number of aromatic nitrogens is 1. The summed E-state index contributed by atoms with van der Waals surface area (Å²) in [7, 11) is 0. The molecule has 0 bridgehead atoms. The van der Waals surface area contributed by atoms with E-state index < -0.39 is 0 Å². The SMILES string of the molecule is CCCC1CCN(c2ccc(Cl)c(CNC3CC3)n2)C1. The van der Waals surface area contributed by atoms with E-state index in [1.165, 1.54) is 32.1 Å². The molecule has 2 fully saturated rings. The summed E-state index contributed by atoms with van der Waals surface area (Å²) in [4.78, 5) is 7.19. The van der Waals surface area contributed by atoms with Crippen LogP contribution in [0.5, 0.6) is 0 Å². The fraction of sp³-hybridized carbons (Fsp3) is 0.688. The summed E-state index contributed by atoms with van der Waals surface area (Å²) in [6.45, 7) is 5.35. The molecule has 110 valence electrons. The van der Waals surface area contributed by atoms with Crippen molar-refractivity contribution in [1.82, 2.24) is 10.3 Å². The van der Waals surface area contributed by atoms with Crippen molar-refractivity contribution in [2.24, 2.45) is 5.92 Å². The highest BCUT2D eigenvalue weighted by Crippen LogP contribution is 2.27. The largest absolute Gasteiger partial charge is 0.356 e. The molecule has 1 saturated heterocycles. The van der Waals surface area contributed by atoms with Crippen molar-refractivity contribution in [2.75, 3.05) is 18.0 Å². The van der Waals surface area contributed by atoms with Gasteiger partial charge in [0.05, 0.1) is 10.7 Å². The molecule has 1 saturated carbocycles. The summed E-state index contributed by atoms with van der Waals surface area (Å²) in [5.74, 6) is 1.94. The van der Waals surface area contributed by atoms with Gasteiger partial charge in [0.2, 0.25) is 0 Å². The molecular formula is C16H24ClN3. The van der Waals surface area contributed by atoms with E-state index in [-0.39, 0.29) is 0 Å². The minimum atomic E-state index is 0.692. The predicted octanol–water partition coefficient (Wildman–Crippen LogP) is 3.61. The molecule has 0 radical (unpaired) electrons. The van der Waals surface area contributed by atoms with E-state index in [4.69, 9.17) is 16.6 Å².